The lowest BCUT2D eigenvalue weighted by Gasteiger charge is -2.00. The molecule has 1 heterocycles. The normalized spacial score (nSPS) is 11.8. The molecule has 0 aliphatic rings. The molecule has 86 valence electrons. The summed E-state index contributed by atoms with van der Waals surface area (Å²) in [6.07, 6.45) is 3.28. The van der Waals surface area contributed by atoms with Crippen molar-refractivity contribution in [2.45, 2.75) is 4.21 Å². The number of allylic oxidation sites excluding steroid dienone is 1. The molecule has 0 saturated heterocycles. The van der Waals surface area contributed by atoms with Gasteiger partial charge in [0.1, 0.15) is 15.2 Å². The van der Waals surface area contributed by atoms with E-state index in [4.69, 9.17) is 16.9 Å². The Labute approximate surface area is 103 Å². The van der Waals surface area contributed by atoms with Gasteiger partial charge in [-0.15, -0.1) is 22.9 Å². The maximum absolute atomic E-state index is 11.6. The van der Waals surface area contributed by atoms with Crippen LogP contribution in [0.1, 0.15) is 4.88 Å². The molecule has 0 radical (unpaired) electrons. The van der Waals surface area contributed by atoms with Crippen LogP contribution < -0.4 is 4.72 Å². The van der Waals surface area contributed by atoms with Crippen molar-refractivity contribution in [3.8, 4) is 6.07 Å². The minimum Gasteiger partial charge on any atom is -0.207 e. The van der Waals surface area contributed by atoms with Gasteiger partial charge in [-0.2, -0.15) is 5.26 Å². The molecule has 7 heteroatoms. The SMILES string of the molecule is N#Cc1ccc(S(=O)(=O)NC/C=C/CCl)s1. The molecule has 0 aliphatic carbocycles. The predicted molar refractivity (Wildman–Crippen MR) is 64.1 cm³/mol. The second-order valence-corrected chi connectivity index (χ2v) is 6.09. The number of sulfonamides is 1. The molecule has 1 aromatic heterocycles. The van der Waals surface area contributed by atoms with Crippen molar-refractivity contribution in [2.24, 2.45) is 0 Å². The number of rotatable bonds is 5. The molecule has 1 N–H and O–H groups in total. The summed E-state index contributed by atoms with van der Waals surface area (Å²) in [6, 6.07) is 4.78. The predicted octanol–water partition coefficient (Wildman–Crippen LogP) is 1.69. The van der Waals surface area contributed by atoms with E-state index in [1.807, 2.05) is 6.07 Å². The van der Waals surface area contributed by atoms with Crippen LogP contribution in [0.5, 0.6) is 0 Å². The van der Waals surface area contributed by atoms with E-state index in [1.165, 1.54) is 12.1 Å². The Kier molecular flexibility index (Phi) is 4.96. The van der Waals surface area contributed by atoms with Crippen LogP contribution in [0, 0.1) is 11.3 Å². The lowest BCUT2D eigenvalue weighted by atomic mass is 10.5. The highest BCUT2D eigenvalue weighted by Gasteiger charge is 2.15. The van der Waals surface area contributed by atoms with E-state index >= 15 is 0 Å². The van der Waals surface area contributed by atoms with Crippen LogP contribution in [-0.4, -0.2) is 20.8 Å². The molecule has 0 spiro atoms. The monoisotopic (exact) mass is 276 g/mol. The second kappa shape index (κ2) is 6.01. The van der Waals surface area contributed by atoms with Gasteiger partial charge < -0.3 is 0 Å². The first kappa shape index (κ1) is 13.2. The summed E-state index contributed by atoms with van der Waals surface area (Å²) in [5.74, 6) is 0.347. The molecule has 16 heavy (non-hydrogen) atoms. The summed E-state index contributed by atoms with van der Waals surface area (Å²) in [5.41, 5.74) is 0. The van der Waals surface area contributed by atoms with Crippen molar-refractivity contribution in [1.29, 1.82) is 5.26 Å². The van der Waals surface area contributed by atoms with Gasteiger partial charge in [0.15, 0.2) is 0 Å². The third kappa shape index (κ3) is 3.61. The minimum absolute atomic E-state index is 0.142. The van der Waals surface area contributed by atoms with Crippen LogP contribution in [-0.2, 0) is 10.0 Å². The molecule has 0 aromatic carbocycles. The minimum atomic E-state index is -3.51. The average Bonchev–Trinajstić information content (AvgIpc) is 2.73. The standard InChI is InChI=1S/C9H9ClN2O2S2/c10-5-1-2-6-12-16(13,14)9-4-3-8(7-11)15-9/h1-4,12H,5-6H2/b2-1+. The van der Waals surface area contributed by atoms with Crippen LogP contribution in [0.15, 0.2) is 28.5 Å². The van der Waals surface area contributed by atoms with Crippen molar-refractivity contribution in [3.05, 3.63) is 29.2 Å². The number of hydrogen-bond acceptors (Lipinski definition) is 4. The highest BCUT2D eigenvalue weighted by atomic mass is 35.5. The van der Waals surface area contributed by atoms with Gasteiger partial charge in [0, 0.05) is 12.4 Å². The van der Waals surface area contributed by atoms with Gasteiger partial charge in [-0.05, 0) is 12.1 Å². The molecule has 0 fully saturated rings. The second-order valence-electron chi connectivity index (χ2n) is 2.71. The van der Waals surface area contributed by atoms with Crippen LogP contribution in [0.2, 0.25) is 0 Å². The van der Waals surface area contributed by atoms with E-state index in [2.05, 4.69) is 4.72 Å². The lowest BCUT2D eigenvalue weighted by molar-refractivity contribution is 0.587. The average molecular weight is 277 g/mol. The largest absolute Gasteiger partial charge is 0.250 e. The quantitative estimate of drug-likeness (QED) is 0.657. The maximum Gasteiger partial charge on any atom is 0.250 e. The third-order valence-corrected chi connectivity index (χ3v) is 4.69. The zero-order valence-corrected chi connectivity index (χ0v) is 10.6. The van der Waals surface area contributed by atoms with Crippen molar-refractivity contribution in [1.82, 2.24) is 4.72 Å². The van der Waals surface area contributed by atoms with Gasteiger partial charge in [0.25, 0.3) is 0 Å². The molecule has 0 amide bonds. The van der Waals surface area contributed by atoms with Crippen LogP contribution in [0.25, 0.3) is 0 Å². The highest BCUT2D eigenvalue weighted by Crippen LogP contribution is 2.20. The van der Waals surface area contributed by atoms with E-state index in [0.717, 1.165) is 11.3 Å². The number of nitriles is 1. The molecule has 0 unspecified atom stereocenters. The molecule has 0 saturated carbocycles. The number of nitrogens with zero attached hydrogens (tertiary/aromatic N) is 1. The zero-order valence-electron chi connectivity index (χ0n) is 8.18. The Morgan fingerprint density at radius 2 is 2.25 bits per heavy atom. The number of hydrogen-bond donors (Lipinski definition) is 1. The molecule has 0 atom stereocenters. The number of thiophene rings is 1. The van der Waals surface area contributed by atoms with Gasteiger partial charge >= 0.3 is 0 Å². The Morgan fingerprint density at radius 3 is 2.81 bits per heavy atom. The third-order valence-electron chi connectivity index (χ3n) is 1.60. The van der Waals surface area contributed by atoms with Crippen molar-refractivity contribution in [2.75, 3.05) is 12.4 Å². The van der Waals surface area contributed by atoms with Crippen LogP contribution in [0.3, 0.4) is 0 Å². The smallest absolute Gasteiger partial charge is 0.207 e. The molecule has 1 aromatic rings. The highest BCUT2D eigenvalue weighted by molar-refractivity contribution is 7.91. The molecule has 0 bridgehead atoms. The number of alkyl halides is 1. The topological polar surface area (TPSA) is 70.0 Å². The van der Waals surface area contributed by atoms with E-state index in [1.54, 1.807) is 12.2 Å². The molecule has 4 nitrogen and oxygen atoms in total. The van der Waals surface area contributed by atoms with Gasteiger partial charge in [-0.1, -0.05) is 12.2 Å². The van der Waals surface area contributed by atoms with Gasteiger partial charge in [0.05, 0.1) is 0 Å². The van der Waals surface area contributed by atoms with Crippen molar-refractivity contribution >= 4 is 33.0 Å². The van der Waals surface area contributed by atoms with E-state index in [9.17, 15) is 8.42 Å². The molecular weight excluding hydrogens is 268 g/mol. The maximum atomic E-state index is 11.6. The van der Waals surface area contributed by atoms with E-state index < -0.39 is 10.0 Å². The fourth-order valence-corrected chi connectivity index (χ4v) is 3.15. The lowest BCUT2D eigenvalue weighted by Crippen LogP contribution is -2.22. The number of nitrogens with one attached hydrogen (secondary N) is 1. The summed E-state index contributed by atoms with van der Waals surface area (Å²) in [4.78, 5) is 0.372. The first-order valence-corrected chi connectivity index (χ1v) is 7.14. The molecule has 1 rings (SSSR count). The Morgan fingerprint density at radius 1 is 1.50 bits per heavy atom. The van der Waals surface area contributed by atoms with E-state index in [-0.39, 0.29) is 10.8 Å². The summed E-state index contributed by atoms with van der Waals surface area (Å²) < 4.78 is 25.8. The summed E-state index contributed by atoms with van der Waals surface area (Å²) in [5, 5.41) is 8.58. The fourth-order valence-electron chi connectivity index (χ4n) is 0.900. The van der Waals surface area contributed by atoms with Gasteiger partial charge in [-0.3, -0.25) is 0 Å². The van der Waals surface area contributed by atoms with E-state index in [0.29, 0.717) is 10.8 Å². The van der Waals surface area contributed by atoms with Crippen molar-refractivity contribution < 1.29 is 8.42 Å². The summed E-state index contributed by atoms with van der Waals surface area (Å²) in [6.45, 7) is 0.189. The Hall–Kier alpha value is -0.870. The Bertz CT molecular complexity index is 514. The summed E-state index contributed by atoms with van der Waals surface area (Å²) in [7, 11) is -3.51. The van der Waals surface area contributed by atoms with Crippen molar-refractivity contribution in [3.63, 3.8) is 0 Å². The summed E-state index contributed by atoms with van der Waals surface area (Å²) >= 11 is 6.33. The zero-order chi connectivity index (χ0) is 12.0. The van der Waals surface area contributed by atoms with Gasteiger partial charge in [-0.25, -0.2) is 13.1 Å². The van der Waals surface area contributed by atoms with Gasteiger partial charge in [0.2, 0.25) is 10.0 Å². The molecular formula is C9H9ClN2O2S2. The van der Waals surface area contributed by atoms with Crippen LogP contribution >= 0.6 is 22.9 Å². The van der Waals surface area contributed by atoms with Crippen LogP contribution in [0.4, 0.5) is 0 Å². The first-order chi connectivity index (χ1) is 7.60. The molecule has 0 aliphatic heterocycles. The Balaban J connectivity index is 2.71. The fraction of sp³-hybridized carbons (Fsp3) is 0.222. The first-order valence-electron chi connectivity index (χ1n) is 4.30. The number of halogens is 1.